The summed E-state index contributed by atoms with van der Waals surface area (Å²) in [4.78, 5) is 4.90. The molecule has 0 aliphatic heterocycles. The topological polar surface area (TPSA) is 59.1 Å². The van der Waals surface area contributed by atoms with Crippen LogP contribution in [0.25, 0.3) is 20.8 Å². The third-order valence-corrected chi connectivity index (χ3v) is 6.93. The van der Waals surface area contributed by atoms with Crippen molar-refractivity contribution in [2.75, 3.05) is 4.72 Å². The first-order valence-electron chi connectivity index (χ1n) is 8.48. The SMILES string of the molecule is Cc1ccc(S(=O)(=O)Nc2ccc(-c3nc4ccccc4s3)cc2)cc1C. The zero-order valence-corrected chi connectivity index (χ0v) is 16.6. The van der Waals surface area contributed by atoms with Crippen LogP contribution in [-0.2, 0) is 10.0 Å². The normalized spacial score (nSPS) is 11.6. The number of benzene rings is 3. The van der Waals surface area contributed by atoms with Crippen molar-refractivity contribution in [1.82, 2.24) is 4.98 Å². The Morgan fingerprint density at radius 3 is 2.33 bits per heavy atom. The van der Waals surface area contributed by atoms with E-state index in [9.17, 15) is 8.42 Å². The van der Waals surface area contributed by atoms with Gasteiger partial charge in [0.2, 0.25) is 0 Å². The Balaban J connectivity index is 1.59. The zero-order valence-electron chi connectivity index (χ0n) is 14.9. The summed E-state index contributed by atoms with van der Waals surface area (Å²) in [6, 6.07) is 20.4. The first-order chi connectivity index (χ1) is 12.9. The van der Waals surface area contributed by atoms with Gasteiger partial charge in [0.15, 0.2) is 0 Å². The van der Waals surface area contributed by atoms with Crippen molar-refractivity contribution in [3.8, 4) is 10.6 Å². The van der Waals surface area contributed by atoms with E-state index in [2.05, 4.69) is 9.71 Å². The molecule has 1 aromatic heterocycles. The second kappa shape index (κ2) is 6.79. The van der Waals surface area contributed by atoms with E-state index in [1.165, 1.54) is 0 Å². The Morgan fingerprint density at radius 1 is 0.889 bits per heavy atom. The van der Waals surface area contributed by atoms with Crippen LogP contribution in [0.3, 0.4) is 0 Å². The van der Waals surface area contributed by atoms with Crippen molar-refractivity contribution in [2.45, 2.75) is 18.7 Å². The minimum atomic E-state index is -3.61. The fourth-order valence-corrected chi connectivity index (χ4v) is 4.89. The molecule has 136 valence electrons. The Bertz CT molecular complexity index is 1190. The number of nitrogens with one attached hydrogen (secondary N) is 1. The van der Waals surface area contributed by atoms with Crippen molar-refractivity contribution in [2.24, 2.45) is 0 Å². The number of fused-ring (bicyclic) bond motifs is 1. The first-order valence-corrected chi connectivity index (χ1v) is 10.8. The van der Waals surface area contributed by atoms with Gasteiger partial charge in [-0.05, 0) is 73.5 Å². The summed E-state index contributed by atoms with van der Waals surface area (Å²) >= 11 is 1.62. The lowest BCUT2D eigenvalue weighted by atomic mass is 10.1. The molecule has 4 nitrogen and oxygen atoms in total. The third-order valence-electron chi connectivity index (χ3n) is 4.47. The average molecular weight is 395 g/mol. The van der Waals surface area contributed by atoms with Crippen molar-refractivity contribution in [3.63, 3.8) is 0 Å². The molecule has 4 rings (SSSR count). The monoisotopic (exact) mass is 394 g/mol. The Hall–Kier alpha value is -2.70. The number of aromatic nitrogens is 1. The molecule has 0 radical (unpaired) electrons. The number of aryl methyl sites for hydroxylation is 2. The second-order valence-electron chi connectivity index (χ2n) is 6.42. The predicted molar refractivity (Wildman–Crippen MR) is 112 cm³/mol. The number of nitrogens with zero attached hydrogens (tertiary/aromatic N) is 1. The van der Waals surface area contributed by atoms with Crippen molar-refractivity contribution >= 4 is 37.3 Å². The number of sulfonamides is 1. The highest BCUT2D eigenvalue weighted by Crippen LogP contribution is 2.31. The molecule has 27 heavy (non-hydrogen) atoms. The zero-order chi connectivity index (χ0) is 19.0. The summed E-state index contributed by atoms with van der Waals surface area (Å²) in [5.41, 5.74) is 4.47. The van der Waals surface area contributed by atoms with Gasteiger partial charge in [-0.2, -0.15) is 0 Å². The summed E-state index contributed by atoms with van der Waals surface area (Å²) in [6.45, 7) is 3.86. The summed E-state index contributed by atoms with van der Waals surface area (Å²) < 4.78 is 29.0. The van der Waals surface area contributed by atoms with Gasteiger partial charge in [0.25, 0.3) is 10.0 Å². The van der Waals surface area contributed by atoms with E-state index < -0.39 is 10.0 Å². The van der Waals surface area contributed by atoms with Gasteiger partial charge in [-0.1, -0.05) is 18.2 Å². The van der Waals surface area contributed by atoms with Gasteiger partial charge in [-0.15, -0.1) is 11.3 Å². The smallest absolute Gasteiger partial charge is 0.261 e. The summed E-state index contributed by atoms with van der Waals surface area (Å²) in [5.74, 6) is 0. The lowest BCUT2D eigenvalue weighted by molar-refractivity contribution is 0.601. The molecule has 0 aliphatic rings. The molecule has 0 amide bonds. The van der Waals surface area contributed by atoms with E-state index in [0.29, 0.717) is 5.69 Å². The quantitative estimate of drug-likeness (QED) is 0.505. The van der Waals surface area contributed by atoms with E-state index in [1.54, 1.807) is 35.6 Å². The largest absolute Gasteiger partial charge is 0.280 e. The highest BCUT2D eigenvalue weighted by atomic mass is 32.2. The van der Waals surface area contributed by atoms with E-state index in [-0.39, 0.29) is 4.90 Å². The molecule has 0 unspecified atom stereocenters. The number of hydrogen-bond donors (Lipinski definition) is 1. The molecule has 1 N–H and O–H groups in total. The van der Waals surface area contributed by atoms with Crippen LogP contribution < -0.4 is 4.72 Å². The molecule has 4 aromatic rings. The van der Waals surface area contributed by atoms with Crippen LogP contribution in [0, 0.1) is 13.8 Å². The van der Waals surface area contributed by atoms with E-state index in [4.69, 9.17) is 0 Å². The molecule has 0 atom stereocenters. The Labute approximate surface area is 162 Å². The minimum absolute atomic E-state index is 0.265. The van der Waals surface area contributed by atoms with Crippen molar-refractivity contribution in [1.29, 1.82) is 0 Å². The van der Waals surface area contributed by atoms with Crippen LogP contribution in [-0.4, -0.2) is 13.4 Å². The maximum absolute atomic E-state index is 12.6. The van der Waals surface area contributed by atoms with Crippen LogP contribution >= 0.6 is 11.3 Å². The molecular formula is C21H18N2O2S2. The van der Waals surface area contributed by atoms with Crippen molar-refractivity contribution in [3.05, 3.63) is 77.9 Å². The summed E-state index contributed by atoms with van der Waals surface area (Å²) in [7, 11) is -3.61. The van der Waals surface area contributed by atoms with Crippen LogP contribution in [0.15, 0.2) is 71.6 Å². The average Bonchev–Trinajstić information content (AvgIpc) is 3.08. The first kappa shape index (κ1) is 17.7. The van der Waals surface area contributed by atoms with Crippen LogP contribution in [0.5, 0.6) is 0 Å². The minimum Gasteiger partial charge on any atom is -0.280 e. The number of anilines is 1. The summed E-state index contributed by atoms with van der Waals surface area (Å²) in [5, 5.41) is 0.916. The highest BCUT2D eigenvalue weighted by molar-refractivity contribution is 7.92. The number of rotatable bonds is 4. The molecule has 0 bridgehead atoms. The van der Waals surface area contributed by atoms with Gasteiger partial charge in [-0.3, -0.25) is 4.72 Å². The molecule has 3 aromatic carbocycles. The van der Waals surface area contributed by atoms with E-state index in [0.717, 1.165) is 31.9 Å². The maximum atomic E-state index is 12.6. The molecular weight excluding hydrogens is 376 g/mol. The number of para-hydroxylation sites is 1. The fraction of sp³-hybridized carbons (Fsp3) is 0.0952. The molecule has 0 fully saturated rings. The third kappa shape index (κ3) is 3.59. The van der Waals surface area contributed by atoms with Crippen molar-refractivity contribution < 1.29 is 8.42 Å². The van der Waals surface area contributed by atoms with Gasteiger partial charge < -0.3 is 0 Å². The van der Waals surface area contributed by atoms with E-state index in [1.807, 2.05) is 56.3 Å². The molecule has 0 aliphatic carbocycles. The standard InChI is InChI=1S/C21H18N2O2S2/c1-14-7-12-18(13-15(14)2)27(24,25)23-17-10-8-16(9-11-17)21-22-19-5-3-4-6-20(19)26-21/h3-13,23H,1-2H3. The molecule has 0 saturated carbocycles. The number of thiazole rings is 1. The molecule has 6 heteroatoms. The van der Waals surface area contributed by atoms with Gasteiger partial charge in [-0.25, -0.2) is 13.4 Å². The van der Waals surface area contributed by atoms with E-state index >= 15 is 0 Å². The highest BCUT2D eigenvalue weighted by Gasteiger charge is 2.15. The van der Waals surface area contributed by atoms with Gasteiger partial charge >= 0.3 is 0 Å². The van der Waals surface area contributed by atoms with Crippen LogP contribution in [0.4, 0.5) is 5.69 Å². The lowest BCUT2D eigenvalue weighted by Crippen LogP contribution is -2.13. The lowest BCUT2D eigenvalue weighted by Gasteiger charge is -2.10. The van der Waals surface area contributed by atoms with Gasteiger partial charge in [0.05, 0.1) is 15.1 Å². The molecule has 0 spiro atoms. The second-order valence-corrected chi connectivity index (χ2v) is 9.13. The molecule has 0 saturated heterocycles. The maximum Gasteiger partial charge on any atom is 0.261 e. The Morgan fingerprint density at radius 2 is 1.63 bits per heavy atom. The molecule has 1 heterocycles. The van der Waals surface area contributed by atoms with Gasteiger partial charge in [0, 0.05) is 11.3 Å². The van der Waals surface area contributed by atoms with Crippen LogP contribution in [0.2, 0.25) is 0 Å². The number of hydrogen-bond acceptors (Lipinski definition) is 4. The Kier molecular flexibility index (Phi) is 4.45. The van der Waals surface area contributed by atoms with Crippen LogP contribution in [0.1, 0.15) is 11.1 Å². The predicted octanol–water partition coefficient (Wildman–Crippen LogP) is 5.38. The van der Waals surface area contributed by atoms with Gasteiger partial charge in [0.1, 0.15) is 5.01 Å². The summed E-state index contributed by atoms with van der Waals surface area (Å²) in [6.07, 6.45) is 0. The fourth-order valence-electron chi connectivity index (χ4n) is 2.77.